The van der Waals surface area contributed by atoms with Crippen LogP contribution in [0.25, 0.3) is 22.3 Å². The third-order valence-electron chi connectivity index (χ3n) is 6.10. The van der Waals surface area contributed by atoms with Gasteiger partial charge in [-0.1, -0.05) is 62.6 Å². The SMILES string of the molecule is CCCCCCc1ccc2c(c1)CCc1cc(-c3cc(F)c(OC(F)(F)F)c(F)c3)ccc1-2. The van der Waals surface area contributed by atoms with Gasteiger partial charge < -0.3 is 4.74 Å². The van der Waals surface area contributed by atoms with Gasteiger partial charge >= 0.3 is 6.36 Å². The van der Waals surface area contributed by atoms with E-state index in [0.29, 0.717) is 5.56 Å². The lowest BCUT2D eigenvalue weighted by molar-refractivity contribution is -0.276. The van der Waals surface area contributed by atoms with Crippen LogP contribution in [0, 0.1) is 11.6 Å². The summed E-state index contributed by atoms with van der Waals surface area (Å²) >= 11 is 0. The normalized spacial score (nSPS) is 12.9. The Kier molecular flexibility index (Phi) is 6.73. The molecule has 0 unspecified atom stereocenters. The molecule has 0 aromatic heterocycles. The van der Waals surface area contributed by atoms with E-state index in [1.165, 1.54) is 36.8 Å². The lowest BCUT2D eigenvalue weighted by atomic mass is 9.83. The van der Waals surface area contributed by atoms with Crippen LogP contribution in [0.2, 0.25) is 0 Å². The minimum atomic E-state index is -5.17. The van der Waals surface area contributed by atoms with Gasteiger partial charge in [-0.05, 0) is 76.8 Å². The minimum absolute atomic E-state index is 0.163. The summed E-state index contributed by atoms with van der Waals surface area (Å²) in [5.74, 6) is -4.22. The van der Waals surface area contributed by atoms with Crippen LogP contribution >= 0.6 is 0 Å². The molecule has 1 aliphatic carbocycles. The van der Waals surface area contributed by atoms with Crippen molar-refractivity contribution >= 4 is 0 Å². The number of aryl methyl sites for hydroxylation is 3. The van der Waals surface area contributed by atoms with E-state index in [2.05, 4.69) is 29.9 Å². The Labute approximate surface area is 190 Å². The van der Waals surface area contributed by atoms with E-state index >= 15 is 0 Å². The summed E-state index contributed by atoms with van der Waals surface area (Å²) in [4.78, 5) is 0. The van der Waals surface area contributed by atoms with Crippen LogP contribution < -0.4 is 4.74 Å². The fourth-order valence-corrected chi connectivity index (χ4v) is 4.48. The van der Waals surface area contributed by atoms with Crippen molar-refractivity contribution in [2.45, 2.75) is 58.2 Å². The quantitative estimate of drug-likeness (QED) is 0.254. The van der Waals surface area contributed by atoms with Gasteiger partial charge in [-0.25, -0.2) is 8.78 Å². The second-order valence-electron chi connectivity index (χ2n) is 8.49. The Morgan fingerprint density at radius 2 is 1.39 bits per heavy atom. The number of hydrogen-bond donors (Lipinski definition) is 0. The van der Waals surface area contributed by atoms with Gasteiger partial charge in [0.05, 0.1) is 0 Å². The Morgan fingerprint density at radius 3 is 2.03 bits per heavy atom. The number of fused-ring (bicyclic) bond motifs is 3. The van der Waals surface area contributed by atoms with Gasteiger partial charge in [-0.3, -0.25) is 0 Å². The fraction of sp³-hybridized carbons (Fsp3) is 0.333. The van der Waals surface area contributed by atoms with Gasteiger partial charge in [0.2, 0.25) is 5.75 Å². The molecule has 1 aliphatic rings. The summed E-state index contributed by atoms with van der Waals surface area (Å²) in [7, 11) is 0. The molecule has 0 amide bonds. The van der Waals surface area contributed by atoms with Gasteiger partial charge in [-0.15, -0.1) is 13.2 Å². The predicted octanol–water partition coefficient (Wildman–Crippen LogP) is 8.42. The van der Waals surface area contributed by atoms with Crippen LogP contribution in [-0.4, -0.2) is 6.36 Å². The van der Waals surface area contributed by atoms with Crippen molar-refractivity contribution in [3.63, 3.8) is 0 Å². The average molecular weight is 460 g/mol. The summed E-state index contributed by atoms with van der Waals surface area (Å²) in [6.07, 6.45) is 2.46. The molecule has 1 nitrogen and oxygen atoms in total. The molecular formula is C27H25F5O. The van der Waals surface area contributed by atoms with Gasteiger partial charge in [0, 0.05) is 0 Å². The van der Waals surface area contributed by atoms with Crippen LogP contribution in [0.15, 0.2) is 48.5 Å². The first kappa shape index (κ1) is 23.3. The summed E-state index contributed by atoms with van der Waals surface area (Å²) in [6.45, 7) is 2.20. The topological polar surface area (TPSA) is 9.23 Å². The number of ether oxygens (including phenoxy) is 1. The second-order valence-corrected chi connectivity index (χ2v) is 8.49. The van der Waals surface area contributed by atoms with Gasteiger partial charge in [0.25, 0.3) is 0 Å². The average Bonchev–Trinajstić information content (AvgIpc) is 2.77. The van der Waals surface area contributed by atoms with Crippen LogP contribution in [0.5, 0.6) is 5.75 Å². The van der Waals surface area contributed by atoms with Crippen LogP contribution in [0.4, 0.5) is 22.0 Å². The third kappa shape index (κ3) is 5.37. The molecule has 6 heteroatoms. The molecule has 0 radical (unpaired) electrons. The Balaban J connectivity index is 1.58. The molecule has 4 rings (SSSR count). The van der Waals surface area contributed by atoms with Crippen molar-refractivity contribution in [3.05, 3.63) is 76.9 Å². The maximum atomic E-state index is 14.2. The number of rotatable bonds is 7. The molecule has 0 fully saturated rings. The Bertz CT molecular complexity index is 1130. The van der Waals surface area contributed by atoms with Crippen LogP contribution in [0.3, 0.4) is 0 Å². The van der Waals surface area contributed by atoms with Crippen LogP contribution in [0.1, 0.15) is 49.3 Å². The highest BCUT2D eigenvalue weighted by Crippen LogP contribution is 2.38. The maximum absolute atomic E-state index is 14.2. The first-order chi connectivity index (χ1) is 15.7. The zero-order chi connectivity index (χ0) is 23.6. The standard InChI is InChI=1S/C27H25F5O/c1-2-3-4-5-6-17-7-11-22-19(13-17)8-9-20-14-18(10-12-23(20)22)21-15-24(28)26(25(29)16-21)33-27(30,31)32/h7,10-16H,2-6,8-9H2,1H3. The summed E-state index contributed by atoms with van der Waals surface area (Å²) in [5.41, 5.74) is 6.64. The van der Waals surface area contributed by atoms with E-state index in [4.69, 9.17) is 0 Å². The molecule has 0 heterocycles. The fourth-order valence-electron chi connectivity index (χ4n) is 4.48. The number of halogens is 5. The molecule has 0 bridgehead atoms. The van der Waals surface area contributed by atoms with Gasteiger partial charge in [0.15, 0.2) is 11.6 Å². The van der Waals surface area contributed by atoms with E-state index in [1.807, 2.05) is 12.1 Å². The van der Waals surface area contributed by atoms with Crippen molar-refractivity contribution in [2.24, 2.45) is 0 Å². The molecule has 0 saturated carbocycles. The molecule has 0 saturated heterocycles. The number of benzene rings is 3. The first-order valence-electron chi connectivity index (χ1n) is 11.3. The Morgan fingerprint density at radius 1 is 0.758 bits per heavy atom. The van der Waals surface area contributed by atoms with Crippen molar-refractivity contribution in [1.82, 2.24) is 0 Å². The van der Waals surface area contributed by atoms with E-state index in [9.17, 15) is 22.0 Å². The zero-order valence-electron chi connectivity index (χ0n) is 18.4. The number of hydrogen-bond acceptors (Lipinski definition) is 1. The van der Waals surface area contributed by atoms with Gasteiger partial charge in [0.1, 0.15) is 0 Å². The molecule has 3 aromatic rings. The van der Waals surface area contributed by atoms with Crippen molar-refractivity contribution in [2.75, 3.05) is 0 Å². The summed E-state index contributed by atoms with van der Waals surface area (Å²) < 4.78 is 69.0. The Hall–Kier alpha value is -2.89. The molecule has 0 spiro atoms. The molecule has 3 aromatic carbocycles. The molecule has 33 heavy (non-hydrogen) atoms. The molecule has 0 N–H and O–H groups in total. The minimum Gasteiger partial charge on any atom is -0.399 e. The zero-order valence-corrected chi connectivity index (χ0v) is 18.4. The smallest absolute Gasteiger partial charge is 0.399 e. The molecule has 0 aliphatic heterocycles. The van der Waals surface area contributed by atoms with Crippen molar-refractivity contribution in [1.29, 1.82) is 0 Å². The predicted molar refractivity (Wildman–Crippen MR) is 119 cm³/mol. The number of unbranched alkanes of at least 4 members (excludes halogenated alkanes) is 3. The van der Waals surface area contributed by atoms with Crippen LogP contribution in [-0.2, 0) is 19.3 Å². The molecule has 0 atom stereocenters. The largest absolute Gasteiger partial charge is 0.573 e. The van der Waals surface area contributed by atoms with E-state index < -0.39 is 23.7 Å². The van der Waals surface area contributed by atoms with Gasteiger partial charge in [-0.2, -0.15) is 0 Å². The van der Waals surface area contributed by atoms with E-state index in [0.717, 1.165) is 48.1 Å². The highest BCUT2D eigenvalue weighted by Gasteiger charge is 2.34. The summed E-state index contributed by atoms with van der Waals surface area (Å²) in [5, 5.41) is 0. The molecular weight excluding hydrogens is 435 g/mol. The lowest BCUT2D eigenvalue weighted by Gasteiger charge is -2.22. The summed E-state index contributed by atoms with van der Waals surface area (Å²) in [6, 6.07) is 13.8. The van der Waals surface area contributed by atoms with Crippen molar-refractivity contribution < 1.29 is 26.7 Å². The van der Waals surface area contributed by atoms with E-state index in [-0.39, 0.29) is 5.56 Å². The van der Waals surface area contributed by atoms with E-state index in [1.54, 1.807) is 6.07 Å². The molecule has 174 valence electrons. The first-order valence-corrected chi connectivity index (χ1v) is 11.3. The van der Waals surface area contributed by atoms with Crippen molar-refractivity contribution in [3.8, 4) is 28.0 Å². The number of alkyl halides is 3. The second kappa shape index (κ2) is 9.54. The highest BCUT2D eigenvalue weighted by molar-refractivity contribution is 5.77. The third-order valence-corrected chi connectivity index (χ3v) is 6.10. The lowest BCUT2D eigenvalue weighted by Crippen LogP contribution is -2.19. The maximum Gasteiger partial charge on any atom is 0.573 e. The highest BCUT2D eigenvalue weighted by atomic mass is 19.4. The monoisotopic (exact) mass is 460 g/mol.